The molecule has 5 heteroatoms. The lowest BCUT2D eigenvalue weighted by Gasteiger charge is -2.26. The zero-order valence-corrected chi connectivity index (χ0v) is 13.0. The van der Waals surface area contributed by atoms with Crippen molar-refractivity contribution >= 4 is 22.3 Å². The first-order valence-electron chi connectivity index (χ1n) is 7.96. The summed E-state index contributed by atoms with van der Waals surface area (Å²) in [6.07, 6.45) is 4.20. The Morgan fingerprint density at radius 3 is 2.73 bits per heavy atom. The van der Waals surface area contributed by atoms with Crippen molar-refractivity contribution in [3.05, 3.63) is 30.5 Å². The van der Waals surface area contributed by atoms with Crippen LogP contribution in [0.2, 0.25) is 0 Å². The molecule has 1 aromatic heterocycles. The lowest BCUT2D eigenvalue weighted by Crippen LogP contribution is -2.35. The Morgan fingerprint density at radius 2 is 2.00 bits per heavy atom. The zero-order valence-electron chi connectivity index (χ0n) is 13.0. The molecule has 1 aliphatic rings. The maximum Gasteiger partial charge on any atom is 0.136 e. The van der Waals surface area contributed by atoms with E-state index in [0.29, 0.717) is 12.6 Å². The number of aliphatic hydroxyl groups excluding tert-OH is 1. The molecule has 1 aliphatic heterocycles. The summed E-state index contributed by atoms with van der Waals surface area (Å²) in [7, 11) is 1.96. The molecule has 0 radical (unpaired) electrons. The van der Waals surface area contributed by atoms with Gasteiger partial charge in [0, 0.05) is 30.4 Å². The number of nitrogens with zero attached hydrogens (tertiary/aromatic N) is 2. The van der Waals surface area contributed by atoms with Crippen LogP contribution >= 0.6 is 0 Å². The molecule has 0 bridgehead atoms. The second kappa shape index (κ2) is 6.94. The van der Waals surface area contributed by atoms with Gasteiger partial charge in [-0.3, -0.25) is 0 Å². The quantitative estimate of drug-likeness (QED) is 0.786. The van der Waals surface area contributed by atoms with Gasteiger partial charge in [0.05, 0.1) is 18.5 Å². The van der Waals surface area contributed by atoms with Gasteiger partial charge >= 0.3 is 0 Å². The third kappa shape index (κ3) is 3.15. The van der Waals surface area contributed by atoms with E-state index < -0.39 is 0 Å². The molecule has 0 unspecified atom stereocenters. The van der Waals surface area contributed by atoms with Crippen LogP contribution in [-0.4, -0.2) is 49.4 Å². The second-order valence-electron chi connectivity index (χ2n) is 5.85. The van der Waals surface area contributed by atoms with Crippen molar-refractivity contribution in [2.24, 2.45) is 0 Å². The van der Waals surface area contributed by atoms with E-state index in [1.807, 2.05) is 24.2 Å². The monoisotopic (exact) mass is 300 g/mol. The van der Waals surface area contributed by atoms with E-state index in [4.69, 9.17) is 5.11 Å². The number of aliphatic hydroxyl groups is 1. The Labute approximate surface area is 131 Å². The molecule has 1 aromatic carbocycles. The summed E-state index contributed by atoms with van der Waals surface area (Å²) in [5.41, 5.74) is 1.10. The van der Waals surface area contributed by atoms with Crippen LogP contribution < -0.4 is 15.5 Å². The molecule has 0 amide bonds. The Kier molecular flexibility index (Phi) is 4.75. The molecule has 1 fully saturated rings. The van der Waals surface area contributed by atoms with Gasteiger partial charge in [-0.1, -0.05) is 24.3 Å². The van der Waals surface area contributed by atoms with E-state index >= 15 is 0 Å². The van der Waals surface area contributed by atoms with Crippen LogP contribution in [0.3, 0.4) is 0 Å². The van der Waals surface area contributed by atoms with Crippen molar-refractivity contribution in [3.8, 4) is 0 Å². The van der Waals surface area contributed by atoms with Crippen molar-refractivity contribution in [1.82, 2.24) is 10.3 Å². The fourth-order valence-corrected chi connectivity index (χ4v) is 3.04. The van der Waals surface area contributed by atoms with E-state index in [1.54, 1.807) is 0 Å². The molecule has 0 aliphatic carbocycles. The molecular weight excluding hydrogens is 276 g/mol. The lowest BCUT2D eigenvalue weighted by atomic mass is 10.0. The number of hydrogen-bond donors (Lipinski definition) is 3. The van der Waals surface area contributed by atoms with Crippen LogP contribution in [-0.2, 0) is 0 Å². The summed E-state index contributed by atoms with van der Waals surface area (Å²) < 4.78 is 0. The van der Waals surface area contributed by atoms with Crippen LogP contribution in [0.1, 0.15) is 12.8 Å². The van der Waals surface area contributed by atoms with Crippen molar-refractivity contribution < 1.29 is 5.11 Å². The summed E-state index contributed by atoms with van der Waals surface area (Å²) in [6.45, 7) is 2.85. The summed E-state index contributed by atoms with van der Waals surface area (Å²) in [5.74, 6) is 0.917. The van der Waals surface area contributed by atoms with E-state index in [1.165, 1.54) is 5.39 Å². The fourth-order valence-electron chi connectivity index (χ4n) is 3.04. The predicted octanol–water partition coefficient (Wildman–Crippen LogP) is 1.83. The van der Waals surface area contributed by atoms with Crippen molar-refractivity contribution in [3.63, 3.8) is 0 Å². The number of pyridine rings is 1. The number of aromatic nitrogens is 1. The van der Waals surface area contributed by atoms with Gasteiger partial charge in [0.1, 0.15) is 5.82 Å². The van der Waals surface area contributed by atoms with Crippen LogP contribution in [0.25, 0.3) is 10.8 Å². The first kappa shape index (κ1) is 15.1. The molecule has 3 N–H and O–H groups in total. The van der Waals surface area contributed by atoms with Gasteiger partial charge in [-0.15, -0.1) is 0 Å². The Morgan fingerprint density at radius 1 is 1.27 bits per heavy atom. The molecule has 2 aromatic rings. The normalized spacial score (nSPS) is 15.9. The smallest absolute Gasteiger partial charge is 0.136 e. The fraction of sp³-hybridized carbons (Fsp3) is 0.471. The summed E-state index contributed by atoms with van der Waals surface area (Å²) in [5, 5.41) is 18.5. The minimum Gasteiger partial charge on any atom is -0.395 e. The zero-order chi connectivity index (χ0) is 15.4. The lowest BCUT2D eigenvalue weighted by molar-refractivity contribution is 0.304. The van der Waals surface area contributed by atoms with Crippen LogP contribution in [0.5, 0.6) is 0 Å². The number of fused-ring (bicyclic) bond motifs is 1. The van der Waals surface area contributed by atoms with Gasteiger partial charge in [0.25, 0.3) is 0 Å². The topological polar surface area (TPSA) is 60.4 Å². The molecule has 0 saturated carbocycles. The van der Waals surface area contributed by atoms with Crippen LogP contribution in [0.4, 0.5) is 11.5 Å². The third-order valence-electron chi connectivity index (χ3n) is 4.27. The number of benzene rings is 1. The summed E-state index contributed by atoms with van der Waals surface area (Å²) in [4.78, 5) is 6.62. The molecule has 3 rings (SSSR count). The Balaban J connectivity index is 1.93. The minimum atomic E-state index is 0.127. The Bertz CT molecular complexity index is 625. The SMILES string of the molecule is CN(CCO)c1ncc(NC2CCNCC2)c2ccccc12. The van der Waals surface area contributed by atoms with E-state index in [2.05, 4.69) is 33.8 Å². The van der Waals surface area contributed by atoms with Crippen LogP contribution in [0, 0.1) is 0 Å². The predicted molar refractivity (Wildman–Crippen MR) is 91.6 cm³/mol. The van der Waals surface area contributed by atoms with Crippen molar-refractivity contribution in [2.75, 3.05) is 43.5 Å². The van der Waals surface area contributed by atoms with Crippen LogP contribution in [0.15, 0.2) is 30.5 Å². The summed E-state index contributed by atoms with van der Waals surface area (Å²) in [6, 6.07) is 8.84. The maximum atomic E-state index is 9.15. The number of nitrogens with one attached hydrogen (secondary N) is 2. The molecule has 0 atom stereocenters. The third-order valence-corrected chi connectivity index (χ3v) is 4.27. The van der Waals surface area contributed by atoms with Crippen molar-refractivity contribution in [2.45, 2.75) is 18.9 Å². The number of piperidine rings is 1. The highest BCUT2D eigenvalue weighted by molar-refractivity contribution is 6.00. The highest BCUT2D eigenvalue weighted by atomic mass is 16.3. The van der Waals surface area contributed by atoms with Gasteiger partial charge in [-0.2, -0.15) is 0 Å². The maximum absolute atomic E-state index is 9.15. The first-order chi connectivity index (χ1) is 10.8. The highest BCUT2D eigenvalue weighted by Crippen LogP contribution is 2.30. The average Bonchev–Trinajstić information content (AvgIpc) is 2.56. The standard InChI is InChI=1S/C17H24N4O/c1-21(10-11-22)17-15-5-3-2-4-14(15)16(12-19-17)20-13-6-8-18-9-7-13/h2-5,12-13,18,20,22H,6-11H2,1H3. The number of hydrogen-bond acceptors (Lipinski definition) is 5. The molecule has 22 heavy (non-hydrogen) atoms. The van der Waals surface area contributed by atoms with Gasteiger partial charge in [-0.25, -0.2) is 4.98 Å². The van der Waals surface area contributed by atoms with Gasteiger partial charge in [0.2, 0.25) is 0 Å². The average molecular weight is 300 g/mol. The molecule has 1 saturated heterocycles. The van der Waals surface area contributed by atoms with E-state index in [0.717, 1.165) is 42.8 Å². The number of rotatable bonds is 5. The number of anilines is 2. The molecule has 118 valence electrons. The Hall–Kier alpha value is -1.85. The molecular formula is C17H24N4O. The van der Waals surface area contributed by atoms with E-state index in [-0.39, 0.29) is 6.61 Å². The molecule has 2 heterocycles. The first-order valence-corrected chi connectivity index (χ1v) is 7.96. The number of likely N-dealkylation sites (N-methyl/N-ethyl adjacent to an activating group) is 1. The highest BCUT2D eigenvalue weighted by Gasteiger charge is 2.15. The van der Waals surface area contributed by atoms with E-state index in [9.17, 15) is 0 Å². The van der Waals surface area contributed by atoms with Gasteiger partial charge in [0.15, 0.2) is 0 Å². The van der Waals surface area contributed by atoms with Gasteiger partial charge in [-0.05, 0) is 25.9 Å². The molecule has 5 nitrogen and oxygen atoms in total. The molecule has 0 spiro atoms. The van der Waals surface area contributed by atoms with Crippen molar-refractivity contribution in [1.29, 1.82) is 0 Å². The second-order valence-corrected chi connectivity index (χ2v) is 5.85. The summed E-state index contributed by atoms with van der Waals surface area (Å²) >= 11 is 0. The largest absolute Gasteiger partial charge is 0.395 e. The van der Waals surface area contributed by atoms with Gasteiger partial charge < -0.3 is 20.6 Å². The minimum absolute atomic E-state index is 0.127.